The maximum Gasteiger partial charge on any atom is 0.270 e. The van der Waals surface area contributed by atoms with Crippen molar-refractivity contribution in [1.82, 2.24) is 25.1 Å². The lowest BCUT2D eigenvalue weighted by atomic mass is 10.2. The number of hydrogen-bond donors (Lipinski definition) is 1. The van der Waals surface area contributed by atoms with Crippen LogP contribution in [0.3, 0.4) is 0 Å². The van der Waals surface area contributed by atoms with Gasteiger partial charge in [-0.25, -0.2) is 9.97 Å². The van der Waals surface area contributed by atoms with Crippen molar-refractivity contribution in [2.24, 2.45) is 0 Å². The van der Waals surface area contributed by atoms with Gasteiger partial charge in [0.2, 0.25) is 5.89 Å². The first-order valence-electron chi connectivity index (χ1n) is 7.23. The van der Waals surface area contributed by atoms with E-state index in [0.29, 0.717) is 17.3 Å². The molecule has 1 aromatic carbocycles. The Morgan fingerprint density at radius 3 is 2.46 bits per heavy atom. The minimum Gasteiger partial charge on any atom is -0.414 e. The Balaban J connectivity index is 0.00000182. The monoisotopic (exact) mass is 318 g/mol. The Morgan fingerprint density at radius 1 is 0.875 bits per heavy atom. The highest BCUT2D eigenvalue weighted by atomic mass is 16.4. The summed E-state index contributed by atoms with van der Waals surface area (Å²) < 4.78 is 5.71. The third kappa shape index (κ3) is 2.58. The average molecular weight is 318 g/mol. The largest absolute Gasteiger partial charge is 0.414 e. The second kappa shape index (κ2) is 5.88. The van der Waals surface area contributed by atoms with Crippen LogP contribution in [-0.4, -0.2) is 25.1 Å². The average Bonchev–Trinajstić information content (AvgIpc) is 3.13. The highest BCUT2D eigenvalue weighted by molar-refractivity contribution is 5.68. The molecule has 24 heavy (non-hydrogen) atoms. The fraction of sp³-hybridized carbons (Fsp3) is 0. The zero-order chi connectivity index (χ0) is 16.4. The maximum absolute atomic E-state index is 5.93. The first-order valence-corrected chi connectivity index (χ1v) is 7.23. The Hall–Kier alpha value is -3.61. The van der Waals surface area contributed by atoms with E-state index in [1.165, 1.54) is 0 Å². The van der Waals surface area contributed by atoms with Gasteiger partial charge >= 0.3 is 0 Å². The third-order valence-corrected chi connectivity index (χ3v) is 3.41. The van der Waals surface area contributed by atoms with E-state index in [1.807, 2.05) is 42.5 Å². The van der Waals surface area contributed by atoms with Crippen molar-refractivity contribution in [2.45, 2.75) is 0 Å². The first-order chi connectivity index (χ1) is 11.8. The fourth-order valence-electron chi connectivity index (χ4n) is 2.23. The quantitative estimate of drug-likeness (QED) is 0.619. The molecule has 0 bridgehead atoms. The van der Waals surface area contributed by atoms with E-state index in [1.54, 1.807) is 18.6 Å². The van der Waals surface area contributed by atoms with Gasteiger partial charge in [-0.15, -0.1) is 10.2 Å². The van der Waals surface area contributed by atoms with Crippen molar-refractivity contribution in [2.75, 3.05) is 5.73 Å². The number of nitrogen functional groups attached to an aromatic ring is 1. The molecule has 0 saturated heterocycles. The predicted octanol–water partition coefficient (Wildman–Crippen LogP) is 3.08. The van der Waals surface area contributed by atoms with E-state index in [0.717, 1.165) is 11.1 Å². The SMILES string of the molecule is Nc1ncc(-c2cccnc2)nc1-c1nnc(-c2ccccc2)o1.[HH]. The van der Waals surface area contributed by atoms with Crippen LogP contribution in [-0.2, 0) is 0 Å². The van der Waals surface area contributed by atoms with Crippen LogP contribution in [0.25, 0.3) is 34.3 Å². The van der Waals surface area contributed by atoms with Crippen LogP contribution in [0.15, 0.2) is 65.5 Å². The van der Waals surface area contributed by atoms with Crippen molar-refractivity contribution in [3.63, 3.8) is 0 Å². The highest BCUT2D eigenvalue weighted by Crippen LogP contribution is 2.27. The lowest BCUT2D eigenvalue weighted by molar-refractivity contribution is 0.582. The summed E-state index contributed by atoms with van der Waals surface area (Å²) in [6, 6.07) is 13.2. The maximum atomic E-state index is 5.93. The van der Waals surface area contributed by atoms with E-state index < -0.39 is 0 Å². The van der Waals surface area contributed by atoms with E-state index >= 15 is 0 Å². The summed E-state index contributed by atoms with van der Waals surface area (Å²) >= 11 is 0. The summed E-state index contributed by atoms with van der Waals surface area (Å²) in [4.78, 5) is 12.7. The number of aromatic nitrogens is 5. The number of hydrogen-bond acceptors (Lipinski definition) is 7. The molecule has 0 aliphatic rings. The van der Waals surface area contributed by atoms with Crippen LogP contribution in [0, 0.1) is 0 Å². The molecule has 0 unspecified atom stereocenters. The van der Waals surface area contributed by atoms with Gasteiger partial charge < -0.3 is 10.2 Å². The normalized spacial score (nSPS) is 10.7. The van der Waals surface area contributed by atoms with Gasteiger partial charge in [0, 0.05) is 24.9 Å². The zero-order valence-electron chi connectivity index (χ0n) is 12.5. The molecule has 7 heteroatoms. The minimum atomic E-state index is 0. The van der Waals surface area contributed by atoms with Crippen LogP contribution >= 0.6 is 0 Å². The molecule has 0 spiro atoms. The second-order valence-electron chi connectivity index (χ2n) is 5.01. The van der Waals surface area contributed by atoms with Gasteiger partial charge in [-0.05, 0) is 24.3 Å². The topological polar surface area (TPSA) is 104 Å². The van der Waals surface area contributed by atoms with Crippen molar-refractivity contribution >= 4 is 5.82 Å². The molecule has 0 radical (unpaired) electrons. The molecule has 0 amide bonds. The molecule has 3 aromatic heterocycles. The molecule has 4 rings (SSSR count). The molecule has 3 heterocycles. The Labute approximate surface area is 138 Å². The number of anilines is 1. The lowest BCUT2D eigenvalue weighted by Gasteiger charge is -2.03. The number of benzene rings is 1. The van der Waals surface area contributed by atoms with Crippen molar-refractivity contribution in [3.05, 3.63) is 61.1 Å². The van der Waals surface area contributed by atoms with Crippen LogP contribution in [0.2, 0.25) is 0 Å². The van der Waals surface area contributed by atoms with Crippen LogP contribution in [0.4, 0.5) is 5.82 Å². The molecule has 0 saturated carbocycles. The summed E-state index contributed by atoms with van der Waals surface area (Å²) in [5, 5.41) is 8.10. The zero-order valence-corrected chi connectivity index (χ0v) is 12.5. The third-order valence-electron chi connectivity index (χ3n) is 3.41. The lowest BCUT2D eigenvalue weighted by Crippen LogP contribution is -1.99. The van der Waals surface area contributed by atoms with Crippen LogP contribution in [0.1, 0.15) is 1.43 Å². The van der Waals surface area contributed by atoms with E-state index in [-0.39, 0.29) is 13.1 Å². The van der Waals surface area contributed by atoms with Crippen molar-refractivity contribution < 1.29 is 5.84 Å². The predicted molar refractivity (Wildman–Crippen MR) is 90.5 cm³/mol. The van der Waals surface area contributed by atoms with Gasteiger partial charge in [-0.1, -0.05) is 18.2 Å². The van der Waals surface area contributed by atoms with Gasteiger partial charge in [-0.3, -0.25) is 4.98 Å². The molecule has 118 valence electrons. The molecule has 0 atom stereocenters. The molecule has 0 aliphatic carbocycles. The Kier molecular flexibility index (Phi) is 3.43. The van der Waals surface area contributed by atoms with Gasteiger partial charge in [0.15, 0.2) is 11.5 Å². The van der Waals surface area contributed by atoms with Crippen molar-refractivity contribution in [1.29, 1.82) is 0 Å². The number of pyridine rings is 1. The summed E-state index contributed by atoms with van der Waals surface area (Å²) in [6.45, 7) is 0. The first kappa shape index (κ1) is 14.0. The molecule has 4 aromatic rings. The smallest absolute Gasteiger partial charge is 0.270 e. The number of nitrogens with two attached hydrogens (primary N) is 1. The van der Waals surface area contributed by atoms with Crippen LogP contribution in [0.5, 0.6) is 0 Å². The molecule has 7 nitrogen and oxygen atoms in total. The number of nitrogens with zero attached hydrogens (tertiary/aromatic N) is 5. The van der Waals surface area contributed by atoms with Gasteiger partial charge in [-0.2, -0.15) is 0 Å². The minimum absolute atomic E-state index is 0. The van der Waals surface area contributed by atoms with E-state index in [2.05, 4.69) is 25.1 Å². The summed E-state index contributed by atoms with van der Waals surface area (Å²) in [5.74, 6) is 0.856. The van der Waals surface area contributed by atoms with Gasteiger partial charge in [0.25, 0.3) is 5.89 Å². The van der Waals surface area contributed by atoms with Crippen molar-refractivity contribution in [3.8, 4) is 34.3 Å². The standard InChI is InChI=1S/C17H12N6O.H2/c18-15-14(21-13(10-20-15)12-7-4-8-19-9-12)17-23-22-16(24-17)11-5-2-1-3-6-11;/h1-10H,(H2,18,20);1H. The van der Waals surface area contributed by atoms with Gasteiger partial charge in [0.05, 0.1) is 11.9 Å². The molecule has 0 aliphatic heterocycles. The highest BCUT2D eigenvalue weighted by Gasteiger charge is 2.16. The fourth-order valence-corrected chi connectivity index (χ4v) is 2.23. The molecular weight excluding hydrogens is 304 g/mol. The van der Waals surface area contributed by atoms with E-state index in [4.69, 9.17) is 10.2 Å². The Bertz CT molecular complexity index is 975. The molecule has 2 N–H and O–H groups in total. The van der Waals surface area contributed by atoms with Gasteiger partial charge in [0.1, 0.15) is 0 Å². The Morgan fingerprint density at radius 2 is 1.67 bits per heavy atom. The summed E-state index contributed by atoms with van der Waals surface area (Å²) in [5.41, 5.74) is 8.57. The van der Waals surface area contributed by atoms with Crippen LogP contribution < -0.4 is 5.73 Å². The second-order valence-corrected chi connectivity index (χ2v) is 5.01. The molecular formula is C17H14N6O. The summed E-state index contributed by atoms with van der Waals surface area (Å²) in [6.07, 6.45) is 4.98. The molecule has 0 fully saturated rings. The summed E-state index contributed by atoms with van der Waals surface area (Å²) in [7, 11) is 0. The van der Waals surface area contributed by atoms with E-state index in [9.17, 15) is 0 Å². The number of rotatable bonds is 3.